The van der Waals surface area contributed by atoms with Gasteiger partial charge in [-0.05, 0) is 88.8 Å². The molecule has 1 aliphatic rings. The van der Waals surface area contributed by atoms with Crippen LogP contribution in [0.3, 0.4) is 0 Å². The largest absolute Gasteiger partial charge is 0.494 e. The van der Waals surface area contributed by atoms with Crippen LogP contribution in [0.1, 0.15) is 64.5 Å². The number of hydrogen-bond donors (Lipinski definition) is 1. The van der Waals surface area contributed by atoms with Crippen LogP contribution in [0.25, 0.3) is 11.1 Å². The molecule has 6 heteroatoms. The summed E-state index contributed by atoms with van der Waals surface area (Å²) in [5.74, 6) is 0.883. The van der Waals surface area contributed by atoms with Crippen LogP contribution in [0.15, 0.2) is 42.5 Å². The molecular formula is C28H37N3O3. The lowest BCUT2D eigenvalue weighted by Crippen LogP contribution is -2.44. The number of rotatable bonds is 7. The molecule has 2 aromatic rings. The molecule has 1 aliphatic carbocycles. The first-order valence-corrected chi connectivity index (χ1v) is 12.2. The van der Waals surface area contributed by atoms with E-state index in [-0.39, 0.29) is 12.1 Å². The molecule has 1 N–H and O–H groups in total. The van der Waals surface area contributed by atoms with Crippen molar-refractivity contribution in [3.63, 3.8) is 0 Å². The molecule has 0 atom stereocenters. The summed E-state index contributed by atoms with van der Waals surface area (Å²) in [4.78, 5) is 14.2. The summed E-state index contributed by atoms with van der Waals surface area (Å²) in [6, 6.07) is 16.7. The lowest BCUT2D eigenvalue weighted by molar-refractivity contribution is 0.0179. The van der Waals surface area contributed by atoms with Crippen LogP contribution in [0, 0.1) is 11.3 Å². The van der Waals surface area contributed by atoms with Crippen LogP contribution in [-0.2, 0) is 11.3 Å². The molecule has 1 saturated carbocycles. The quantitative estimate of drug-likeness (QED) is 0.554. The molecule has 0 spiro atoms. The summed E-state index contributed by atoms with van der Waals surface area (Å²) in [5, 5.41) is 12.9. The van der Waals surface area contributed by atoms with Crippen molar-refractivity contribution in [3.05, 3.63) is 53.6 Å². The van der Waals surface area contributed by atoms with E-state index in [1.165, 1.54) is 0 Å². The van der Waals surface area contributed by atoms with Crippen LogP contribution in [0.4, 0.5) is 4.79 Å². The fraction of sp³-hybridized carbons (Fsp3) is 0.500. The maximum absolute atomic E-state index is 12.4. The highest BCUT2D eigenvalue weighted by Crippen LogP contribution is 2.29. The number of ether oxygens (including phenoxy) is 2. The van der Waals surface area contributed by atoms with Gasteiger partial charge in [0.15, 0.2) is 0 Å². The second-order valence-electron chi connectivity index (χ2n) is 9.93. The van der Waals surface area contributed by atoms with Crippen LogP contribution < -0.4 is 10.1 Å². The molecule has 3 rings (SSSR count). The van der Waals surface area contributed by atoms with Crippen molar-refractivity contribution in [2.75, 3.05) is 13.7 Å². The normalized spacial score (nSPS) is 18.1. The average Bonchev–Trinajstić information content (AvgIpc) is 2.82. The van der Waals surface area contributed by atoms with Crippen molar-refractivity contribution in [2.45, 2.75) is 77.6 Å². The zero-order valence-electron chi connectivity index (χ0n) is 21.1. The van der Waals surface area contributed by atoms with Crippen LogP contribution >= 0.6 is 0 Å². The van der Waals surface area contributed by atoms with Crippen LogP contribution in [-0.4, -0.2) is 42.3 Å². The third-order valence-electron chi connectivity index (χ3n) is 6.19. The van der Waals surface area contributed by atoms with E-state index in [9.17, 15) is 10.1 Å². The van der Waals surface area contributed by atoms with Crippen molar-refractivity contribution < 1.29 is 14.3 Å². The Morgan fingerprint density at radius 2 is 1.82 bits per heavy atom. The second kappa shape index (κ2) is 11.4. The van der Waals surface area contributed by atoms with Gasteiger partial charge < -0.3 is 19.7 Å². The highest BCUT2D eigenvalue weighted by Gasteiger charge is 2.29. The van der Waals surface area contributed by atoms with E-state index in [4.69, 9.17) is 9.47 Å². The van der Waals surface area contributed by atoms with Gasteiger partial charge in [0.1, 0.15) is 11.4 Å². The number of benzene rings is 2. The van der Waals surface area contributed by atoms with Crippen molar-refractivity contribution in [1.29, 1.82) is 5.26 Å². The molecule has 1 amide bonds. The fourth-order valence-corrected chi connectivity index (χ4v) is 4.37. The summed E-state index contributed by atoms with van der Waals surface area (Å²) >= 11 is 0. The van der Waals surface area contributed by atoms with Gasteiger partial charge in [0.05, 0.1) is 18.2 Å². The lowest BCUT2D eigenvalue weighted by atomic mass is 9.90. The topological polar surface area (TPSA) is 74.6 Å². The number of carbonyl (C=O) groups excluding carboxylic acids is 1. The number of nitriles is 1. The van der Waals surface area contributed by atoms with Crippen molar-refractivity contribution >= 4 is 6.09 Å². The van der Waals surface area contributed by atoms with E-state index in [2.05, 4.69) is 17.5 Å². The summed E-state index contributed by atoms with van der Waals surface area (Å²) < 4.78 is 11.4. The Morgan fingerprint density at radius 1 is 1.12 bits per heavy atom. The first kappa shape index (κ1) is 25.6. The Balaban J connectivity index is 1.61. The van der Waals surface area contributed by atoms with E-state index in [1.807, 2.05) is 71.1 Å². The monoisotopic (exact) mass is 463 g/mol. The van der Waals surface area contributed by atoms with E-state index < -0.39 is 5.60 Å². The van der Waals surface area contributed by atoms with Gasteiger partial charge >= 0.3 is 6.09 Å². The van der Waals surface area contributed by atoms with Gasteiger partial charge in [-0.3, -0.25) is 0 Å². The molecule has 182 valence electrons. The Hall–Kier alpha value is -3.04. The Bertz CT molecular complexity index is 1010. The number of hydrogen-bond acceptors (Lipinski definition) is 5. The molecule has 0 aliphatic heterocycles. The molecule has 1 fully saturated rings. The van der Waals surface area contributed by atoms with E-state index in [0.717, 1.165) is 48.1 Å². The highest BCUT2D eigenvalue weighted by atomic mass is 16.6. The lowest BCUT2D eigenvalue weighted by Gasteiger charge is -2.36. The van der Waals surface area contributed by atoms with Gasteiger partial charge in [0, 0.05) is 31.2 Å². The molecule has 0 radical (unpaired) electrons. The summed E-state index contributed by atoms with van der Waals surface area (Å²) in [7, 11) is 1.84. The Morgan fingerprint density at radius 3 is 2.47 bits per heavy atom. The van der Waals surface area contributed by atoms with Crippen LogP contribution in [0.2, 0.25) is 0 Å². The van der Waals surface area contributed by atoms with Gasteiger partial charge in [-0.25, -0.2) is 4.79 Å². The molecule has 34 heavy (non-hydrogen) atoms. The van der Waals surface area contributed by atoms with Gasteiger partial charge in [-0.2, -0.15) is 5.26 Å². The maximum Gasteiger partial charge on any atom is 0.410 e. The molecule has 0 aromatic heterocycles. The first-order valence-electron chi connectivity index (χ1n) is 12.2. The van der Waals surface area contributed by atoms with E-state index >= 15 is 0 Å². The third kappa shape index (κ3) is 6.98. The predicted octanol–water partition coefficient (Wildman–Crippen LogP) is 5.89. The van der Waals surface area contributed by atoms with Gasteiger partial charge in [0.25, 0.3) is 0 Å². The minimum absolute atomic E-state index is 0.211. The number of amides is 1. The van der Waals surface area contributed by atoms with E-state index in [1.54, 1.807) is 4.90 Å². The summed E-state index contributed by atoms with van der Waals surface area (Å²) in [6.07, 6.45) is 3.67. The molecule has 0 bridgehead atoms. The standard InChI is InChI=1S/C28H37N3O3/c1-6-33-26-15-10-22(21-9-7-8-20(16-21)18-29)17-23(26)19-30-24-11-13-25(14-12-24)31(5)27(32)34-28(2,3)4/h7-10,15-17,24-25,30H,6,11-14,19H2,1-5H3/t24-,25-. The Labute approximate surface area is 203 Å². The van der Waals surface area contributed by atoms with Crippen molar-refractivity contribution in [3.8, 4) is 22.9 Å². The SMILES string of the molecule is CCOc1ccc(-c2cccc(C#N)c2)cc1CN[C@H]1CC[C@H](N(C)C(=O)OC(C)(C)C)CC1. The number of nitrogens with one attached hydrogen (secondary N) is 1. The second-order valence-corrected chi connectivity index (χ2v) is 9.93. The fourth-order valence-electron chi connectivity index (χ4n) is 4.37. The molecule has 0 unspecified atom stereocenters. The van der Waals surface area contributed by atoms with Gasteiger partial charge in [-0.15, -0.1) is 0 Å². The average molecular weight is 464 g/mol. The molecular weight excluding hydrogens is 426 g/mol. The zero-order valence-corrected chi connectivity index (χ0v) is 21.1. The maximum atomic E-state index is 12.4. The van der Waals surface area contributed by atoms with Gasteiger partial charge in [0.2, 0.25) is 0 Å². The summed E-state index contributed by atoms with van der Waals surface area (Å²) in [6.45, 7) is 8.99. The molecule has 0 saturated heterocycles. The zero-order chi connectivity index (χ0) is 24.7. The van der Waals surface area contributed by atoms with Gasteiger partial charge in [-0.1, -0.05) is 18.2 Å². The first-order chi connectivity index (χ1) is 16.2. The summed E-state index contributed by atoms with van der Waals surface area (Å²) in [5.41, 5.74) is 3.37. The van der Waals surface area contributed by atoms with Crippen molar-refractivity contribution in [1.82, 2.24) is 10.2 Å². The highest BCUT2D eigenvalue weighted by molar-refractivity contribution is 5.68. The van der Waals surface area contributed by atoms with Crippen LogP contribution in [0.5, 0.6) is 5.75 Å². The molecule has 2 aromatic carbocycles. The number of carbonyl (C=O) groups is 1. The minimum atomic E-state index is -0.479. The third-order valence-corrected chi connectivity index (χ3v) is 6.19. The smallest absolute Gasteiger partial charge is 0.410 e. The van der Waals surface area contributed by atoms with E-state index in [0.29, 0.717) is 24.8 Å². The molecule has 0 heterocycles. The number of nitrogens with zero attached hydrogens (tertiary/aromatic N) is 2. The minimum Gasteiger partial charge on any atom is -0.494 e. The van der Waals surface area contributed by atoms with Crippen molar-refractivity contribution in [2.24, 2.45) is 0 Å². The predicted molar refractivity (Wildman–Crippen MR) is 135 cm³/mol. The molecule has 6 nitrogen and oxygen atoms in total. The Kier molecular flexibility index (Phi) is 8.57.